The molecule has 1 amide bonds. The first-order valence-corrected chi connectivity index (χ1v) is 10.6. The summed E-state index contributed by atoms with van der Waals surface area (Å²) in [6.45, 7) is 0. The lowest BCUT2D eigenvalue weighted by molar-refractivity contribution is -0.117. The largest absolute Gasteiger partial charge is 0.493 e. The fraction of sp³-hybridized carbons (Fsp3) is 0.0909. The quantitative estimate of drug-likeness (QED) is 0.471. The second kappa shape index (κ2) is 10.2. The van der Waals surface area contributed by atoms with Crippen LogP contribution in [0.1, 0.15) is 11.1 Å². The molecule has 32 heavy (non-hydrogen) atoms. The van der Waals surface area contributed by atoms with Crippen LogP contribution >= 0.6 is 11.6 Å². The highest BCUT2D eigenvalue weighted by Crippen LogP contribution is 2.37. The Bertz CT molecular complexity index is 1210. The van der Waals surface area contributed by atoms with E-state index in [1.165, 1.54) is 19.2 Å². The lowest BCUT2D eigenvalue weighted by Gasteiger charge is -2.21. The number of nitriles is 1. The van der Waals surface area contributed by atoms with Gasteiger partial charge < -0.3 is 15.2 Å². The van der Waals surface area contributed by atoms with E-state index >= 15 is 0 Å². The van der Waals surface area contributed by atoms with Crippen LogP contribution in [0.4, 0.5) is 11.4 Å². The summed E-state index contributed by atoms with van der Waals surface area (Å²) >= 11 is 3.54. The van der Waals surface area contributed by atoms with Gasteiger partial charge in [0.05, 0.1) is 30.5 Å². The third-order valence-corrected chi connectivity index (χ3v) is 5.34. The lowest BCUT2D eigenvalue weighted by atomic mass is 10.1. The zero-order chi connectivity index (χ0) is 23.3. The predicted molar refractivity (Wildman–Crippen MR) is 121 cm³/mol. The smallest absolute Gasteiger partial charge is 0.266 e. The molecule has 0 aliphatic carbocycles. The third-order valence-electron chi connectivity index (χ3n) is 4.37. The third kappa shape index (κ3) is 5.36. The maximum absolute atomic E-state index is 12.1. The van der Waals surface area contributed by atoms with Crippen molar-refractivity contribution in [3.8, 4) is 23.3 Å². The van der Waals surface area contributed by atoms with E-state index in [0.717, 1.165) is 4.31 Å². The van der Waals surface area contributed by atoms with Crippen LogP contribution in [-0.2, 0) is 22.5 Å². The zero-order valence-electron chi connectivity index (χ0n) is 16.8. The minimum absolute atomic E-state index is 0.0568. The number of anilines is 2. The Labute approximate surface area is 192 Å². The van der Waals surface area contributed by atoms with Crippen molar-refractivity contribution >= 4 is 40.1 Å². The van der Waals surface area contributed by atoms with Gasteiger partial charge in [0.25, 0.3) is 11.3 Å². The molecular formula is C22H18ClN3O5S. The van der Waals surface area contributed by atoms with Crippen molar-refractivity contribution in [3.05, 3.63) is 76.8 Å². The number of amides is 1. The maximum Gasteiger partial charge on any atom is 0.266 e. The van der Waals surface area contributed by atoms with Crippen LogP contribution in [0.2, 0.25) is 5.02 Å². The summed E-state index contributed by atoms with van der Waals surface area (Å²) in [7, 11) is 1.47. The first-order valence-electron chi connectivity index (χ1n) is 9.16. The highest BCUT2D eigenvalue weighted by Gasteiger charge is 2.18. The standard InChI is InChI=1S/C22H18ClN3O5S/c1-30-21-12-16(23)4-8-20(21)31-19-9-7-18(11-15(19)13-24)26(32(28)29)17-5-2-14(3-6-17)10-22(25)27/h2-9,11-12H,10H2,1H3,(H2,25,27)(H,28,29). The van der Waals surface area contributed by atoms with E-state index in [-0.39, 0.29) is 17.7 Å². The molecule has 0 spiro atoms. The first kappa shape index (κ1) is 23.1. The van der Waals surface area contributed by atoms with Gasteiger partial charge in [0.1, 0.15) is 11.8 Å². The van der Waals surface area contributed by atoms with E-state index in [1.54, 1.807) is 48.5 Å². The minimum atomic E-state index is -2.43. The van der Waals surface area contributed by atoms with Crippen molar-refractivity contribution in [1.29, 1.82) is 5.26 Å². The molecule has 0 fully saturated rings. The van der Waals surface area contributed by atoms with Crippen molar-refractivity contribution in [2.24, 2.45) is 5.73 Å². The van der Waals surface area contributed by atoms with Crippen LogP contribution in [-0.4, -0.2) is 21.8 Å². The molecule has 3 aromatic carbocycles. The second-order valence-corrected chi connectivity index (χ2v) is 7.79. The molecule has 3 N–H and O–H groups in total. The molecule has 10 heteroatoms. The summed E-state index contributed by atoms with van der Waals surface area (Å²) in [4.78, 5) is 11.1. The topological polar surface area (TPSA) is 126 Å². The number of methoxy groups -OCH3 is 1. The highest BCUT2D eigenvalue weighted by molar-refractivity contribution is 7.81. The van der Waals surface area contributed by atoms with Crippen molar-refractivity contribution < 1.29 is 23.0 Å². The molecule has 1 atom stereocenters. The molecule has 0 saturated heterocycles. The number of primary amides is 1. The Hall–Kier alpha value is -3.58. The predicted octanol–water partition coefficient (Wildman–Crippen LogP) is 4.32. The Morgan fingerprint density at radius 2 is 1.75 bits per heavy atom. The average Bonchev–Trinajstić information content (AvgIpc) is 2.76. The number of hydrogen-bond acceptors (Lipinski definition) is 5. The first-order chi connectivity index (χ1) is 15.3. The summed E-state index contributed by atoms with van der Waals surface area (Å²) in [6, 6.07) is 17.8. The molecule has 0 saturated carbocycles. The normalized spacial score (nSPS) is 11.3. The molecule has 3 aromatic rings. The zero-order valence-corrected chi connectivity index (χ0v) is 18.4. The van der Waals surface area contributed by atoms with Crippen LogP contribution in [0.3, 0.4) is 0 Å². The van der Waals surface area contributed by atoms with Crippen LogP contribution < -0.4 is 19.5 Å². The number of hydrogen-bond donors (Lipinski definition) is 2. The second-order valence-electron chi connectivity index (χ2n) is 6.52. The fourth-order valence-electron chi connectivity index (χ4n) is 2.94. The molecule has 1 unspecified atom stereocenters. The van der Waals surface area contributed by atoms with Gasteiger partial charge in [0.15, 0.2) is 11.5 Å². The molecule has 0 bridgehead atoms. The van der Waals surface area contributed by atoms with Gasteiger partial charge in [-0.3, -0.25) is 9.35 Å². The Balaban J connectivity index is 1.94. The Morgan fingerprint density at radius 3 is 2.34 bits per heavy atom. The van der Waals surface area contributed by atoms with Crippen LogP contribution in [0.15, 0.2) is 60.7 Å². The molecule has 3 rings (SSSR count). The summed E-state index contributed by atoms with van der Waals surface area (Å²) in [5.41, 5.74) is 6.68. The molecule has 0 aromatic heterocycles. The summed E-state index contributed by atoms with van der Waals surface area (Å²) < 4.78 is 34.2. The number of benzene rings is 3. The van der Waals surface area contributed by atoms with Gasteiger partial charge in [-0.05, 0) is 48.0 Å². The van der Waals surface area contributed by atoms with Gasteiger partial charge in [-0.2, -0.15) is 5.26 Å². The summed E-state index contributed by atoms with van der Waals surface area (Å²) in [5, 5.41) is 10.1. The monoisotopic (exact) mass is 471 g/mol. The van der Waals surface area contributed by atoms with Crippen molar-refractivity contribution in [2.75, 3.05) is 11.4 Å². The van der Waals surface area contributed by atoms with E-state index in [0.29, 0.717) is 33.5 Å². The lowest BCUT2D eigenvalue weighted by Crippen LogP contribution is -2.19. The number of rotatable bonds is 8. The number of nitrogens with zero attached hydrogens (tertiary/aromatic N) is 2. The summed E-state index contributed by atoms with van der Waals surface area (Å²) in [6.07, 6.45) is 0.0568. The van der Waals surface area contributed by atoms with Crippen LogP contribution in [0, 0.1) is 11.3 Å². The van der Waals surface area contributed by atoms with Crippen LogP contribution in [0.5, 0.6) is 17.2 Å². The van der Waals surface area contributed by atoms with Gasteiger partial charge in [-0.25, -0.2) is 8.51 Å². The Morgan fingerprint density at radius 1 is 1.09 bits per heavy atom. The van der Waals surface area contributed by atoms with E-state index in [9.17, 15) is 18.8 Å². The van der Waals surface area contributed by atoms with E-state index in [2.05, 4.69) is 0 Å². The maximum atomic E-state index is 12.1. The molecule has 8 nitrogen and oxygen atoms in total. The van der Waals surface area contributed by atoms with Crippen molar-refractivity contribution in [1.82, 2.24) is 0 Å². The molecule has 164 valence electrons. The van der Waals surface area contributed by atoms with Crippen molar-refractivity contribution in [2.45, 2.75) is 6.42 Å². The number of nitrogens with two attached hydrogens (primary N) is 1. The van der Waals surface area contributed by atoms with Crippen LogP contribution in [0.25, 0.3) is 0 Å². The molecule has 0 radical (unpaired) electrons. The Kier molecular flexibility index (Phi) is 7.33. The molecule has 0 aliphatic heterocycles. The molecule has 0 aliphatic rings. The number of ether oxygens (including phenoxy) is 2. The molecular weight excluding hydrogens is 454 g/mol. The number of carbonyl (C=O) groups excluding carboxylic acids is 1. The van der Waals surface area contributed by atoms with Gasteiger partial charge in [0.2, 0.25) is 5.91 Å². The van der Waals surface area contributed by atoms with Gasteiger partial charge >= 0.3 is 0 Å². The van der Waals surface area contributed by atoms with Gasteiger partial charge in [-0.1, -0.05) is 23.7 Å². The molecule has 0 heterocycles. The van der Waals surface area contributed by atoms with Gasteiger partial charge in [-0.15, -0.1) is 0 Å². The van der Waals surface area contributed by atoms with E-state index < -0.39 is 17.2 Å². The number of carbonyl (C=O) groups is 1. The SMILES string of the molecule is COc1cc(Cl)ccc1Oc1ccc(N(c2ccc(CC(N)=O)cc2)S(=O)O)cc1C#N. The van der Waals surface area contributed by atoms with E-state index in [1.807, 2.05) is 6.07 Å². The van der Waals surface area contributed by atoms with E-state index in [4.69, 9.17) is 26.8 Å². The number of halogens is 1. The van der Waals surface area contributed by atoms with Crippen molar-refractivity contribution in [3.63, 3.8) is 0 Å². The average molecular weight is 472 g/mol. The summed E-state index contributed by atoms with van der Waals surface area (Å²) in [5.74, 6) is 0.498. The minimum Gasteiger partial charge on any atom is -0.493 e. The fourth-order valence-corrected chi connectivity index (χ4v) is 3.70. The highest BCUT2D eigenvalue weighted by atomic mass is 35.5. The van der Waals surface area contributed by atoms with Gasteiger partial charge in [0, 0.05) is 11.1 Å².